The minimum absolute atomic E-state index is 0.224. The third-order valence-corrected chi connectivity index (χ3v) is 3.89. The van der Waals surface area contributed by atoms with Crippen LogP contribution in [-0.2, 0) is 0 Å². The van der Waals surface area contributed by atoms with Gasteiger partial charge in [0.05, 0.1) is 18.3 Å². The van der Waals surface area contributed by atoms with Crippen molar-refractivity contribution in [1.82, 2.24) is 15.2 Å². The lowest BCUT2D eigenvalue weighted by Crippen LogP contribution is -2.38. The third kappa shape index (κ3) is 2.75. The van der Waals surface area contributed by atoms with Crippen LogP contribution in [0.25, 0.3) is 0 Å². The number of piperidine rings is 1. The van der Waals surface area contributed by atoms with E-state index in [-0.39, 0.29) is 6.04 Å². The molecule has 0 bridgehead atoms. The molecular formula is C14H25N3O. The average molecular weight is 251 g/mol. The predicted octanol–water partition coefficient (Wildman–Crippen LogP) is 2.89. The number of likely N-dealkylation sites (tertiary alicyclic amines) is 1. The summed E-state index contributed by atoms with van der Waals surface area (Å²) in [4.78, 5) is 7.00. The topological polar surface area (TPSA) is 41.3 Å². The largest absolute Gasteiger partial charge is 0.442 e. The molecule has 1 saturated heterocycles. The van der Waals surface area contributed by atoms with E-state index in [1.807, 2.05) is 13.2 Å². The van der Waals surface area contributed by atoms with Crippen LogP contribution >= 0.6 is 0 Å². The fourth-order valence-corrected chi connectivity index (χ4v) is 2.63. The standard InChI is InChI=1S/C14H25N3O/c1-10(2)17-8-6-5-7-12(17)14-16-9-13(18-14)11(3)15-4/h9-12,15H,5-8H2,1-4H3. The van der Waals surface area contributed by atoms with Crippen LogP contribution in [0.2, 0.25) is 0 Å². The zero-order valence-electron chi connectivity index (χ0n) is 11.9. The summed E-state index contributed by atoms with van der Waals surface area (Å²) >= 11 is 0. The number of aromatic nitrogens is 1. The second-order valence-electron chi connectivity index (χ2n) is 5.45. The predicted molar refractivity (Wildman–Crippen MR) is 72.4 cm³/mol. The van der Waals surface area contributed by atoms with E-state index < -0.39 is 0 Å². The van der Waals surface area contributed by atoms with Gasteiger partial charge in [0.25, 0.3) is 0 Å². The summed E-state index contributed by atoms with van der Waals surface area (Å²) < 4.78 is 5.94. The van der Waals surface area contributed by atoms with E-state index in [4.69, 9.17) is 4.42 Å². The van der Waals surface area contributed by atoms with Crippen molar-refractivity contribution in [2.24, 2.45) is 0 Å². The van der Waals surface area contributed by atoms with Gasteiger partial charge < -0.3 is 9.73 Å². The van der Waals surface area contributed by atoms with Crippen molar-refractivity contribution >= 4 is 0 Å². The van der Waals surface area contributed by atoms with E-state index in [0.717, 1.165) is 24.6 Å². The number of rotatable bonds is 4. The van der Waals surface area contributed by atoms with E-state index in [1.165, 1.54) is 12.8 Å². The van der Waals surface area contributed by atoms with Gasteiger partial charge in [0.2, 0.25) is 5.89 Å². The molecule has 0 aromatic carbocycles. The Kier molecular flexibility index (Phi) is 4.40. The monoisotopic (exact) mass is 251 g/mol. The Hall–Kier alpha value is -0.870. The maximum absolute atomic E-state index is 5.94. The second-order valence-corrected chi connectivity index (χ2v) is 5.45. The molecule has 1 aliphatic rings. The van der Waals surface area contributed by atoms with E-state index >= 15 is 0 Å². The van der Waals surface area contributed by atoms with Crippen LogP contribution in [0.3, 0.4) is 0 Å². The Balaban J connectivity index is 2.15. The third-order valence-electron chi connectivity index (χ3n) is 3.89. The minimum Gasteiger partial charge on any atom is -0.442 e. The van der Waals surface area contributed by atoms with Crippen LogP contribution in [0, 0.1) is 0 Å². The van der Waals surface area contributed by atoms with Crippen LogP contribution < -0.4 is 5.32 Å². The number of nitrogens with zero attached hydrogens (tertiary/aromatic N) is 2. The highest BCUT2D eigenvalue weighted by Crippen LogP contribution is 2.32. The van der Waals surface area contributed by atoms with Crippen molar-refractivity contribution in [3.05, 3.63) is 17.8 Å². The van der Waals surface area contributed by atoms with Crippen LogP contribution in [-0.4, -0.2) is 29.5 Å². The highest BCUT2D eigenvalue weighted by atomic mass is 16.4. The molecule has 1 aromatic heterocycles. The fraction of sp³-hybridized carbons (Fsp3) is 0.786. The molecule has 1 N–H and O–H groups in total. The molecule has 0 radical (unpaired) electrons. The van der Waals surface area contributed by atoms with Crippen LogP contribution in [0.5, 0.6) is 0 Å². The van der Waals surface area contributed by atoms with Crippen LogP contribution in [0.4, 0.5) is 0 Å². The van der Waals surface area contributed by atoms with E-state index in [9.17, 15) is 0 Å². The molecule has 2 heterocycles. The lowest BCUT2D eigenvalue weighted by atomic mass is 10.0. The van der Waals surface area contributed by atoms with Gasteiger partial charge in [-0.15, -0.1) is 0 Å². The number of hydrogen-bond acceptors (Lipinski definition) is 4. The molecule has 18 heavy (non-hydrogen) atoms. The first-order valence-electron chi connectivity index (χ1n) is 7.02. The molecule has 4 nitrogen and oxygen atoms in total. The molecule has 1 aromatic rings. The normalized spacial score (nSPS) is 23.5. The second kappa shape index (κ2) is 5.85. The Morgan fingerprint density at radius 1 is 1.39 bits per heavy atom. The molecule has 2 unspecified atom stereocenters. The molecule has 4 heteroatoms. The summed E-state index contributed by atoms with van der Waals surface area (Å²) in [6, 6.07) is 1.13. The first-order valence-corrected chi connectivity index (χ1v) is 7.02. The van der Waals surface area contributed by atoms with Crippen molar-refractivity contribution in [1.29, 1.82) is 0 Å². The first kappa shape index (κ1) is 13.6. The Labute approximate surface area is 110 Å². The lowest BCUT2D eigenvalue weighted by Gasteiger charge is -2.36. The Morgan fingerprint density at radius 2 is 2.17 bits per heavy atom. The van der Waals surface area contributed by atoms with E-state index in [2.05, 4.69) is 36.0 Å². The highest BCUT2D eigenvalue weighted by Gasteiger charge is 2.29. The summed E-state index contributed by atoms with van der Waals surface area (Å²) in [6.07, 6.45) is 5.58. The highest BCUT2D eigenvalue weighted by molar-refractivity contribution is 5.03. The molecule has 0 amide bonds. The SMILES string of the molecule is CNC(C)c1cnc(C2CCCCN2C(C)C)o1. The van der Waals surface area contributed by atoms with Gasteiger partial charge in [0.1, 0.15) is 5.76 Å². The summed E-state index contributed by atoms with van der Waals surface area (Å²) in [5.41, 5.74) is 0. The molecule has 0 spiro atoms. The average Bonchev–Trinajstić information content (AvgIpc) is 2.87. The number of hydrogen-bond donors (Lipinski definition) is 1. The summed E-state index contributed by atoms with van der Waals surface area (Å²) in [5, 5.41) is 3.18. The van der Waals surface area contributed by atoms with Crippen molar-refractivity contribution in [3.8, 4) is 0 Å². The van der Waals surface area contributed by atoms with Gasteiger partial charge in [-0.25, -0.2) is 4.98 Å². The zero-order chi connectivity index (χ0) is 13.1. The van der Waals surface area contributed by atoms with Gasteiger partial charge in [-0.3, -0.25) is 4.90 Å². The fourth-order valence-electron chi connectivity index (χ4n) is 2.63. The smallest absolute Gasteiger partial charge is 0.211 e. The van der Waals surface area contributed by atoms with Gasteiger partial charge in [0, 0.05) is 6.04 Å². The molecule has 0 saturated carbocycles. The quantitative estimate of drug-likeness (QED) is 0.893. The van der Waals surface area contributed by atoms with Crippen LogP contribution in [0.15, 0.2) is 10.6 Å². The molecule has 1 fully saturated rings. The Bertz CT molecular complexity index is 375. The maximum Gasteiger partial charge on any atom is 0.211 e. The molecule has 2 rings (SSSR count). The van der Waals surface area contributed by atoms with Gasteiger partial charge in [-0.2, -0.15) is 0 Å². The van der Waals surface area contributed by atoms with Gasteiger partial charge >= 0.3 is 0 Å². The van der Waals surface area contributed by atoms with Crippen molar-refractivity contribution in [2.75, 3.05) is 13.6 Å². The van der Waals surface area contributed by atoms with Crippen LogP contribution in [0.1, 0.15) is 63.8 Å². The Morgan fingerprint density at radius 3 is 2.83 bits per heavy atom. The van der Waals surface area contributed by atoms with E-state index in [0.29, 0.717) is 12.1 Å². The lowest BCUT2D eigenvalue weighted by molar-refractivity contribution is 0.0911. The van der Waals surface area contributed by atoms with Crippen molar-refractivity contribution in [2.45, 2.75) is 58.2 Å². The molecular weight excluding hydrogens is 226 g/mol. The number of nitrogens with one attached hydrogen (secondary N) is 1. The maximum atomic E-state index is 5.94. The summed E-state index contributed by atoms with van der Waals surface area (Å²) in [6.45, 7) is 7.74. The van der Waals surface area contributed by atoms with Gasteiger partial charge in [-0.05, 0) is 47.2 Å². The van der Waals surface area contributed by atoms with Gasteiger partial charge in [-0.1, -0.05) is 6.42 Å². The van der Waals surface area contributed by atoms with Crippen molar-refractivity contribution < 1.29 is 4.42 Å². The van der Waals surface area contributed by atoms with E-state index in [1.54, 1.807) is 0 Å². The zero-order valence-corrected chi connectivity index (χ0v) is 11.9. The first-order chi connectivity index (χ1) is 8.63. The number of oxazole rings is 1. The van der Waals surface area contributed by atoms with Gasteiger partial charge in [0.15, 0.2) is 0 Å². The van der Waals surface area contributed by atoms with Crippen molar-refractivity contribution in [3.63, 3.8) is 0 Å². The molecule has 2 atom stereocenters. The molecule has 102 valence electrons. The summed E-state index contributed by atoms with van der Waals surface area (Å²) in [5.74, 6) is 1.82. The minimum atomic E-state index is 0.224. The molecule has 0 aliphatic carbocycles. The summed E-state index contributed by atoms with van der Waals surface area (Å²) in [7, 11) is 1.94. The molecule has 1 aliphatic heterocycles.